The number of aliphatic hydroxyl groups excluding tert-OH is 5. The van der Waals surface area contributed by atoms with E-state index in [1.54, 1.807) is 50.2 Å². The number of hydrogen-bond donors (Lipinski definition) is 8. The van der Waals surface area contributed by atoms with Gasteiger partial charge >= 0.3 is 12.2 Å². The average Bonchev–Trinajstić information content (AvgIpc) is 1.60. The van der Waals surface area contributed by atoms with E-state index in [2.05, 4.69) is 28.6 Å². The number of carbonyl (C=O) groups excluding carboxylic acids is 8. The molecular weight excluding hydrogens is 1400 g/mol. The van der Waals surface area contributed by atoms with Gasteiger partial charge < -0.3 is 93.4 Å². The van der Waals surface area contributed by atoms with Crippen LogP contribution in [0.3, 0.4) is 0 Å². The van der Waals surface area contributed by atoms with Crippen molar-refractivity contribution < 1.29 is 111 Å². The normalized spacial score (nSPS) is 20.9. The van der Waals surface area contributed by atoms with Crippen LogP contribution in [0.2, 0.25) is 0 Å². The molecule has 1 saturated carbocycles. The molecular formula is C78H103N7O23. The van der Waals surface area contributed by atoms with E-state index < -0.39 is 97.4 Å². The lowest BCUT2D eigenvalue weighted by Crippen LogP contribution is -2.51. The summed E-state index contributed by atoms with van der Waals surface area (Å²) in [7, 11) is 1.41. The number of fused-ring (bicyclic) bond motifs is 4. The van der Waals surface area contributed by atoms with Crippen LogP contribution in [0.1, 0.15) is 153 Å². The van der Waals surface area contributed by atoms with Crippen molar-refractivity contribution in [3.63, 3.8) is 0 Å². The van der Waals surface area contributed by atoms with Gasteiger partial charge in [-0.05, 0) is 124 Å². The minimum atomic E-state index is -1.61. The van der Waals surface area contributed by atoms with Gasteiger partial charge in [0.05, 0.1) is 106 Å². The molecule has 4 aromatic carbocycles. The van der Waals surface area contributed by atoms with Crippen LogP contribution in [-0.2, 0) is 56.1 Å². The van der Waals surface area contributed by atoms with E-state index in [1.807, 2.05) is 20.8 Å². The SMILES string of the molecule is C=C1C[C@H]2C(O)N(C(=O)OCc3ccc(O[C@@H]4CC[C@@H](O)[C@H](O)[C@H]4O)c(C(=O)CCCOCCOCCON)c3)c3cc(OCCCCCOc4cc5c(cc4OC)C(=O)N4CC(=C)C[C@H]4C(O)N5C(=O)OCc4ccc(NC(=O)[C@H](C)CC(=O)[C@@H](NC(=O)CCOCCC)C(C)C)cc4)c(C)cc3C(=O)N2C1. The van der Waals surface area contributed by atoms with Crippen molar-refractivity contribution in [1.82, 2.24) is 15.1 Å². The number of anilines is 3. The first-order valence-electron chi connectivity index (χ1n) is 36.8. The van der Waals surface area contributed by atoms with Gasteiger partial charge in [0.15, 0.2) is 35.5 Å². The van der Waals surface area contributed by atoms with Crippen LogP contribution in [-0.4, -0.2) is 217 Å². The molecule has 108 heavy (non-hydrogen) atoms. The topological polar surface area (TPSA) is 393 Å². The second-order valence-corrected chi connectivity index (χ2v) is 28.1. The highest BCUT2D eigenvalue weighted by atomic mass is 16.6. The van der Waals surface area contributed by atoms with Crippen molar-refractivity contribution in [1.29, 1.82) is 0 Å². The molecule has 4 aliphatic heterocycles. The van der Waals surface area contributed by atoms with Crippen molar-refractivity contribution in [2.75, 3.05) is 94.8 Å². The Morgan fingerprint density at radius 2 is 1.19 bits per heavy atom. The number of rotatable bonds is 38. The summed E-state index contributed by atoms with van der Waals surface area (Å²) in [5, 5.41) is 61.2. The molecule has 1 aliphatic carbocycles. The molecule has 3 fully saturated rings. The number of nitrogens with zero attached hydrogens (tertiary/aromatic N) is 4. The first-order chi connectivity index (χ1) is 51.8. The Morgan fingerprint density at radius 1 is 0.620 bits per heavy atom. The van der Waals surface area contributed by atoms with Gasteiger partial charge in [-0.15, -0.1) is 0 Å². The van der Waals surface area contributed by atoms with E-state index in [0.717, 1.165) is 16.2 Å². The fraction of sp³-hybridized carbons (Fsp3) is 0.538. The molecule has 588 valence electrons. The second-order valence-electron chi connectivity index (χ2n) is 28.1. The predicted molar refractivity (Wildman–Crippen MR) is 393 cm³/mol. The van der Waals surface area contributed by atoms with E-state index in [9.17, 15) is 63.9 Å². The number of unbranched alkanes of at least 4 members (excludes halogenated alkanes) is 2. The van der Waals surface area contributed by atoms with Crippen LogP contribution in [0.25, 0.3) is 0 Å². The molecule has 4 aromatic rings. The maximum atomic E-state index is 14.6. The van der Waals surface area contributed by atoms with Crippen LogP contribution >= 0.6 is 0 Å². The predicted octanol–water partition coefficient (Wildman–Crippen LogP) is 7.13. The average molecular weight is 1510 g/mol. The van der Waals surface area contributed by atoms with Gasteiger partial charge in [0.1, 0.15) is 43.0 Å². The minimum Gasteiger partial charge on any atom is -0.493 e. The molecule has 5 aliphatic rings. The Labute approximate surface area is 628 Å². The number of benzene rings is 4. The van der Waals surface area contributed by atoms with Gasteiger partial charge in [-0.3, -0.25) is 28.8 Å². The number of aryl methyl sites for hydroxylation is 1. The second kappa shape index (κ2) is 39.3. The van der Waals surface area contributed by atoms with Crippen LogP contribution in [0.15, 0.2) is 91.0 Å². The van der Waals surface area contributed by atoms with Crippen molar-refractivity contribution in [3.8, 4) is 23.0 Å². The molecule has 0 bridgehead atoms. The van der Waals surface area contributed by atoms with E-state index in [-0.39, 0.29) is 186 Å². The number of amides is 6. The maximum absolute atomic E-state index is 14.6. The zero-order valence-corrected chi connectivity index (χ0v) is 62.2. The number of carbonyl (C=O) groups is 8. The first-order valence-corrected chi connectivity index (χ1v) is 36.8. The summed E-state index contributed by atoms with van der Waals surface area (Å²) in [5.41, 5.74) is 3.49. The van der Waals surface area contributed by atoms with E-state index in [4.69, 9.17) is 48.5 Å². The summed E-state index contributed by atoms with van der Waals surface area (Å²) in [6.07, 6.45) is -6.85. The zero-order valence-electron chi connectivity index (χ0n) is 62.2. The molecule has 30 nitrogen and oxygen atoms in total. The fourth-order valence-corrected chi connectivity index (χ4v) is 13.6. The number of nitrogens with two attached hydrogens (primary N) is 1. The monoisotopic (exact) mass is 1510 g/mol. The first kappa shape index (κ1) is 83.0. The van der Waals surface area contributed by atoms with Crippen LogP contribution in [0.5, 0.6) is 23.0 Å². The molecule has 2 saturated heterocycles. The van der Waals surface area contributed by atoms with Crippen molar-refractivity contribution in [2.24, 2.45) is 17.7 Å². The lowest BCUT2D eigenvalue weighted by atomic mass is 9.89. The lowest BCUT2D eigenvalue weighted by molar-refractivity contribution is -0.131. The molecule has 9 rings (SSSR count). The summed E-state index contributed by atoms with van der Waals surface area (Å²) in [5.74, 6) is 2.56. The summed E-state index contributed by atoms with van der Waals surface area (Å²) >= 11 is 0. The summed E-state index contributed by atoms with van der Waals surface area (Å²) < 4.78 is 52.7. The third kappa shape index (κ3) is 21.0. The fourth-order valence-electron chi connectivity index (χ4n) is 13.6. The summed E-state index contributed by atoms with van der Waals surface area (Å²) in [6, 6.07) is 14.5. The number of methoxy groups -OCH3 is 1. The van der Waals surface area contributed by atoms with Crippen LogP contribution in [0.4, 0.5) is 26.7 Å². The molecule has 4 heterocycles. The Kier molecular flexibility index (Phi) is 30.2. The van der Waals surface area contributed by atoms with Crippen molar-refractivity contribution in [2.45, 2.75) is 180 Å². The number of Topliss-reactive ketones (excluding diaryl/α,β-unsaturated/α-hetero) is 2. The van der Waals surface area contributed by atoms with Gasteiger partial charge in [-0.2, -0.15) is 0 Å². The highest BCUT2D eigenvalue weighted by Gasteiger charge is 2.49. The number of hydrogen-bond acceptors (Lipinski definition) is 24. The summed E-state index contributed by atoms with van der Waals surface area (Å²) in [6.45, 7) is 19.1. The molecule has 0 radical (unpaired) electrons. The Bertz CT molecular complexity index is 3850. The third-order valence-corrected chi connectivity index (χ3v) is 19.5. The number of aliphatic hydroxyl groups is 5. The van der Waals surface area contributed by atoms with Crippen LogP contribution in [0, 0.1) is 18.8 Å². The quantitative estimate of drug-likeness (QED) is 0.00957. The van der Waals surface area contributed by atoms with Crippen molar-refractivity contribution >= 4 is 64.4 Å². The van der Waals surface area contributed by atoms with Gasteiger partial charge in [0, 0.05) is 69.3 Å². The molecule has 6 amide bonds. The zero-order chi connectivity index (χ0) is 77.9. The third-order valence-electron chi connectivity index (χ3n) is 19.5. The number of ketones is 2. The van der Waals surface area contributed by atoms with Gasteiger partial charge in [-0.1, -0.05) is 70.2 Å². The molecule has 10 atom stereocenters. The number of ether oxygens (including phenoxy) is 9. The van der Waals surface area contributed by atoms with Crippen LogP contribution < -0.4 is 45.3 Å². The Balaban J connectivity index is 0.822. The highest BCUT2D eigenvalue weighted by molar-refractivity contribution is 6.07. The van der Waals surface area contributed by atoms with E-state index >= 15 is 0 Å². The molecule has 0 aromatic heterocycles. The summed E-state index contributed by atoms with van der Waals surface area (Å²) in [4.78, 5) is 120. The Hall–Kier alpha value is -9.08. The molecule has 0 spiro atoms. The largest absolute Gasteiger partial charge is 0.493 e. The highest BCUT2D eigenvalue weighted by Crippen LogP contribution is 2.44. The van der Waals surface area contributed by atoms with Gasteiger partial charge in [0.2, 0.25) is 11.8 Å². The maximum Gasteiger partial charge on any atom is 0.416 e. The smallest absolute Gasteiger partial charge is 0.416 e. The van der Waals surface area contributed by atoms with Gasteiger partial charge in [-0.25, -0.2) is 25.3 Å². The molecule has 2 unspecified atom stereocenters. The van der Waals surface area contributed by atoms with E-state index in [0.29, 0.717) is 71.6 Å². The lowest BCUT2D eigenvalue weighted by Gasteiger charge is -2.35. The number of nitrogens with one attached hydrogen (secondary N) is 2. The van der Waals surface area contributed by atoms with Gasteiger partial charge in [0.25, 0.3) is 11.8 Å². The molecule has 9 N–H and O–H groups in total. The minimum absolute atomic E-state index is 0.0109. The molecule has 30 heteroatoms. The standard InChI is InChI=1S/C78H103N7O23/c1-9-24-100-28-23-68(89)81-69(45(2)3)62(88)36-49(7)72(92)80-52-18-15-50(16-19-52)43-105-77(97)85-57-40-67(66(99-8)38-54(57)74(94)83-42-47(5)34-59(83)76(85)96)104-27-12-10-11-26-103-65-39-56-53(35-48(65)6)73(93)82-41-46(4)33-58(82)75(95)84(56)78(98)106-44-51-17-21-63(108-64-22-20-61(87)70(90)71(64)91)55(37-51)60(86)14-13-25-101-29-30-102-31-32-107-79/h15-19,21,35,37-40,45,49,58-59,61,64,69-71,75-76,87,90-91,95-96H,4-5,9-14,20,22-34,36,41-44,79H2,1-3,6-8H3,(H,80,92)(H,81,89)/t49-,58+,59+,61-,64-,69+,70+,71+,75?,76?/m1/s1. The Morgan fingerprint density at radius 3 is 1.81 bits per heavy atom. The van der Waals surface area contributed by atoms with E-state index in [1.165, 1.54) is 47.2 Å². The van der Waals surface area contributed by atoms with Crippen molar-refractivity contribution in [3.05, 3.63) is 124 Å².